The van der Waals surface area contributed by atoms with Crippen molar-refractivity contribution in [2.75, 3.05) is 6.54 Å². The van der Waals surface area contributed by atoms with E-state index >= 15 is 0 Å². The number of fused-ring (bicyclic) bond motifs is 5. The van der Waals surface area contributed by atoms with E-state index in [2.05, 4.69) is 29.4 Å². The normalized spacial score (nSPS) is 37.6. The Labute approximate surface area is 125 Å². The Bertz CT molecular complexity index is 468. The van der Waals surface area contributed by atoms with Crippen molar-refractivity contribution in [1.82, 2.24) is 15.5 Å². The molecular formula is C16H25N3S. The Kier molecular flexibility index (Phi) is 3.34. The predicted octanol–water partition coefficient (Wildman–Crippen LogP) is 3.23. The van der Waals surface area contributed by atoms with Crippen molar-refractivity contribution in [3.63, 3.8) is 0 Å². The molecule has 0 saturated heterocycles. The average molecular weight is 291 g/mol. The molecule has 3 aliphatic rings. The molecule has 1 N–H and O–H groups in total. The maximum Gasteiger partial charge on any atom is 0.121 e. The zero-order valence-corrected chi connectivity index (χ0v) is 13.3. The van der Waals surface area contributed by atoms with Crippen LogP contribution < -0.4 is 5.32 Å². The molecule has 4 rings (SSSR count). The van der Waals surface area contributed by atoms with Gasteiger partial charge in [0.2, 0.25) is 0 Å². The number of aryl methyl sites for hydroxylation is 1. The monoisotopic (exact) mass is 291 g/mol. The van der Waals surface area contributed by atoms with Crippen LogP contribution in [0.15, 0.2) is 0 Å². The second kappa shape index (κ2) is 5.06. The molecule has 4 heteroatoms. The first-order valence-electron chi connectivity index (χ1n) is 8.29. The minimum atomic E-state index is 0.585. The van der Waals surface area contributed by atoms with Crippen molar-refractivity contribution < 1.29 is 0 Å². The third-order valence-corrected chi connectivity index (χ3v) is 6.71. The number of hydrogen-bond acceptors (Lipinski definition) is 4. The lowest BCUT2D eigenvalue weighted by atomic mass is 10.0. The van der Waals surface area contributed by atoms with Crippen molar-refractivity contribution in [3.05, 3.63) is 10.0 Å². The van der Waals surface area contributed by atoms with Gasteiger partial charge < -0.3 is 5.32 Å². The highest BCUT2D eigenvalue weighted by Gasteiger charge is 2.66. The third-order valence-electron chi connectivity index (χ3n) is 5.62. The maximum atomic E-state index is 4.52. The first-order valence-corrected chi connectivity index (χ1v) is 9.11. The summed E-state index contributed by atoms with van der Waals surface area (Å²) in [6.45, 7) is 5.48. The third kappa shape index (κ3) is 2.21. The first kappa shape index (κ1) is 13.2. The number of aromatic nitrogens is 2. The van der Waals surface area contributed by atoms with E-state index in [1.807, 2.05) is 11.3 Å². The van der Waals surface area contributed by atoms with Gasteiger partial charge in [0.15, 0.2) is 0 Å². The molecule has 3 saturated carbocycles. The lowest BCUT2D eigenvalue weighted by Gasteiger charge is -2.06. The molecule has 0 radical (unpaired) electrons. The maximum absolute atomic E-state index is 4.52. The van der Waals surface area contributed by atoms with Crippen LogP contribution in [0.25, 0.3) is 0 Å². The number of nitrogens with zero attached hydrogens (tertiary/aromatic N) is 2. The molecule has 110 valence electrons. The highest BCUT2D eigenvalue weighted by atomic mass is 32.1. The summed E-state index contributed by atoms with van der Waals surface area (Å²) in [5.41, 5.74) is 0. The topological polar surface area (TPSA) is 37.8 Å². The van der Waals surface area contributed by atoms with Crippen LogP contribution in [0, 0.1) is 23.7 Å². The molecule has 1 aromatic rings. The van der Waals surface area contributed by atoms with Crippen LogP contribution in [0.1, 0.15) is 55.5 Å². The van der Waals surface area contributed by atoms with Gasteiger partial charge in [0.25, 0.3) is 0 Å². The molecular weight excluding hydrogens is 266 g/mol. The number of nitrogens with one attached hydrogen (secondary N) is 1. The summed E-state index contributed by atoms with van der Waals surface area (Å²) in [6, 6.07) is 0.585. The zero-order chi connectivity index (χ0) is 13.7. The van der Waals surface area contributed by atoms with Crippen molar-refractivity contribution in [3.8, 4) is 0 Å². The fourth-order valence-corrected chi connectivity index (χ4v) is 5.89. The van der Waals surface area contributed by atoms with Crippen LogP contribution >= 0.6 is 11.3 Å². The molecule has 0 aromatic carbocycles. The lowest BCUT2D eigenvalue weighted by molar-refractivity contribution is 0.456. The summed E-state index contributed by atoms with van der Waals surface area (Å²) >= 11 is 1.90. The molecule has 0 aliphatic heterocycles. The molecule has 3 fully saturated rings. The Hall–Kier alpha value is -0.480. The van der Waals surface area contributed by atoms with Crippen LogP contribution in [-0.4, -0.2) is 22.8 Å². The van der Waals surface area contributed by atoms with Gasteiger partial charge in [-0.2, -0.15) is 0 Å². The van der Waals surface area contributed by atoms with Crippen LogP contribution in [0.5, 0.6) is 0 Å². The van der Waals surface area contributed by atoms with Crippen LogP contribution in [0.4, 0.5) is 0 Å². The lowest BCUT2D eigenvalue weighted by Crippen LogP contribution is -2.23. The number of rotatable bonds is 6. The van der Waals surface area contributed by atoms with E-state index in [4.69, 9.17) is 0 Å². The molecule has 0 spiro atoms. The summed E-state index contributed by atoms with van der Waals surface area (Å²) in [4.78, 5) is 0. The zero-order valence-electron chi connectivity index (χ0n) is 12.5. The number of hydrogen-bond donors (Lipinski definition) is 1. The van der Waals surface area contributed by atoms with Gasteiger partial charge in [-0.05, 0) is 55.9 Å². The second-order valence-corrected chi connectivity index (χ2v) is 8.35. The van der Waals surface area contributed by atoms with Gasteiger partial charge in [-0.25, -0.2) is 0 Å². The van der Waals surface area contributed by atoms with Gasteiger partial charge in [0.05, 0.1) is 0 Å². The van der Waals surface area contributed by atoms with Gasteiger partial charge in [-0.1, -0.05) is 13.8 Å². The highest BCUT2D eigenvalue weighted by Crippen LogP contribution is 2.73. The van der Waals surface area contributed by atoms with Gasteiger partial charge in [-0.3, -0.25) is 0 Å². The Balaban J connectivity index is 1.31. The van der Waals surface area contributed by atoms with E-state index in [0.717, 1.165) is 42.6 Å². The van der Waals surface area contributed by atoms with E-state index in [0.29, 0.717) is 6.04 Å². The quantitative estimate of drug-likeness (QED) is 0.818. The standard InChI is InChI=1S/C16H25N3S/c1-9(2)17-7-3-4-12-18-19-16(20-12)15-13-10-5-6-11(8-10)14(13)15/h9-11,13-15,17H,3-8H2,1-2H3. The summed E-state index contributed by atoms with van der Waals surface area (Å²) in [5, 5.41) is 15.0. The predicted molar refractivity (Wildman–Crippen MR) is 81.9 cm³/mol. The SMILES string of the molecule is CC(C)NCCCc1nnc(C2C3C4CCC(C4)C23)s1. The summed E-state index contributed by atoms with van der Waals surface area (Å²) in [6.07, 6.45) is 6.78. The summed E-state index contributed by atoms with van der Waals surface area (Å²) < 4.78 is 0. The second-order valence-electron chi connectivity index (χ2n) is 7.26. The van der Waals surface area contributed by atoms with E-state index in [1.165, 1.54) is 35.7 Å². The molecule has 1 heterocycles. The molecule has 3 aliphatic carbocycles. The summed E-state index contributed by atoms with van der Waals surface area (Å²) in [7, 11) is 0. The fraction of sp³-hybridized carbons (Fsp3) is 0.875. The van der Waals surface area contributed by atoms with E-state index in [1.54, 1.807) is 0 Å². The fourth-order valence-electron chi connectivity index (χ4n) is 4.79. The smallest absolute Gasteiger partial charge is 0.121 e. The van der Waals surface area contributed by atoms with Crippen LogP contribution in [0.3, 0.4) is 0 Å². The van der Waals surface area contributed by atoms with Crippen LogP contribution in [-0.2, 0) is 6.42 Å². The highest BCUT2D eigenvalue weighted by molar-refractivity contribution is 7.11. The Morgan fingerprint density at radius 3 is 2.65 bits per heavy atom. The molecule has 4 atom stereocenters. The van der Waals surface area contributed by atoms with E-state index in [9.17, 15) is 0 Å². The van der Waals surface area contributed by atoms with Crippen molar-refractivity contribution in [2.24, 2.45) is 23.7 Å². The van der Waals surface area contributed by atoms with Gasteiger partial charge in [-0.15, -0.1) is 21.5 Å². The minimum Gasteiger partial charge on any atom is -0.315 e. The molecule has 0 amide bonds. The largest absolute Gasteiger partial charge is 0.315 e. The van der Waals surface area contributed by atoms with Gasteiger partial charge in [0, 0.05) is 18.4 Å². The molecule has 1 aromatic heterocycles. The van der Waals surface area contributed by atoms with E-state index in [-0.39, 0.29) is 0 Å². The van der Waals surface area contributed by atoms with Crippen molar-refractivity contribution in [1.29, 1.82) is 0 Å². The molecule has 3 nitrogen and oxygen atoms in total. The Morgan fingerprint density at radius 1 is 1.20 bits per heavy atom. The van der Waals surface area contributed by atoms with E-state index < -0.39 is 0 Å². The van der Waals surface area contributed by atoms with Crippen molar-refractivity contribution in [2.45, 2.75) is 57.9 Å². The average Bonchev–Trinajstić information content (AvgIpc) is 2.84. The minimum absolute atomic E-state index is 0.585. The van der Waals surface area contributed by atoms with Crippen molar-refractivity contribution >= 4 is 11.3 Å². The molecule has 4 unspecified atom stereocenters. The summed E-state index contributed by atoms with van der Waals surface area (Å²) in [5.74, 6) is 4.88. The Morgan fingerprint density at radius 2 is 1.95 bits per heavy atom. The first-order chi connectivity index (χ1) is 9.74. The van der Waals surface area contributed by atoms with Crippen LogP contribution in [0.2, 0.25) is 0 Å². The molecule has 20 heavy (non-hydrogen) atoms. The molecule has 2 bridgehead atoms. The van der Waals surface area contributed by atoms with Gasteiger partial charge >= 0.3 is 0 Å². The van der Waals surface area contributed by atoms with Gasteiger partial charge in [0.1, 0.15) is 10.0 Å².